The highest BCUT2D eigenvalue weighted by Crippen LogP contribution is 2.52. The van der Waals surface area contributed by atoms with Gasteiger partial charge in [-0.3, -0.25) is 0 Å². The first-order valence-corrected chi connectivity index (χ1v) is 51.2. The third-order valence-electron chi connectivity index (χ3n) is 23.0. The van der Waals surface area contributed by atoms with Crippen LogP contribution in [0.3, 0.4) is 0 Å². The molecule has 0 spiro atoms. The Labute approximate surface area is 710 Å². The normalized spacial score (nSPS) is 11.7. The zero-order valence-corrected chi connectivity index (χ0v) is 75.2. The van der Waals surface area contributed by atoms with Crippen LogP contribution in [0.5, 0.6) is 0 Å². The van der Waals surface area contributed by atoms with Crippen molar-refractivity contribution in [2.24, 2.45) is 0 Å². The SMILES string of the molecule is CCCCCCCCCCCCc1cc(-c2ccc(-c3ccccc3)cc2)sc1-c1ccc(-c2ccc(-c3sc(-c4cc(CCCCCCCCCCCC)c(-c5ccc(-c6ccc(-c7sc(-c8ccc(-c9ccccc9)cc8)cc7CCCCCCCCCCCC)s6)s5)s4)cc3CCCCCCCCCCCC)s2)s1. The summed E-state index contributed by atoms with van der Waals surface area (Å²) in [7, 11) is 0. The van der Waals surface area contributed by atoms with E-state index in [2.05, 4.69) is 232 Å². The fraction of sp³-hybridized carbons (Fsp3) is 0.462. The third kappa shape index (κ3) is 26.2. The molecule has 12 rings (SSSR count). The second-order valence-electron chi connectivity index (χ2n) is 32.1. The molecule has 0 radical (unpaired) electrons. The topological polar surface area (TPSA) is 0 Å². The van der Waals surface area contributed by atoms with Crippen LogP contribution in [0.15, 0.2) is 182 Å². The van der Waals surface area contributed by atoms with Crippen LogP contribution < -0.4 is 0 Å². The van der Waals surface area contributed by atoms with Gasteiger partial charge in [0.2, 0.25) is 0 Å². The molecule has 4 aromatic carbocycles. The van der Waals surface area contributed by atoms with E-state index in [0.29, 0.717) is 0 Å². The molecule has 0 N–H and O–H groups in total. The van der Waals surface area contributed by atoms with Crippen LogP contribution in [0.2, 0.25) is 0 Å². The van der Waals surface area contributed by atoms with E-state index >= 15 is 0 Å². The first kappa shape index (κ1) is 85.8. The third-order valence-corrected chi connectivity index (χ3v) is 33.5. The average Bonchev–Trinajstić information content (AvgIpc) is 1.62. The lowest BCUT2D eigenvalue weighted by molar-refractivity contribution is 0.556. The number of aryl methyl sites for hydroxylation is 4. The van der Waals surface area contributed by atoms with Crippen molar-refractivity contribution in [3.63, 3.8) is 0 Å². The summed E-state index contributed by atoms with van der Waals surface area (Å²) in [6, 6.07) is 70.5. The smallest absolute Gasteiger partial charge is 0.0481 e. The van der Waals surface area contributed by atoms with E-state index in [1.807, 2.05) is 68.0 Å². The fourth-order valence-electron chi connectivity index (χ4n) is 16.3. The molecule has 8 heterocycles. The molecule has 0 aliphatic heterocycles. The van der Waals surface area contributed by atoms with Gasteiger partial charge in [0, 0.05) is 78.0 Å². The minimum atomic E-state index is 1.14. The van der Waals surface area contributed by atoms with Crippen molar-refractivity contribution < 1.29 is 0 Å². The molecular formula is C104H130S8. The summed E-state index contributed by atoms with van der Waals surface area (Å²) in [5.41, 5.74) is 13.9. The molecule has 0 fully saturated rings. The fourth-order valence-corrected chi connectivity index (χ4v) is 26.0. The van der Waals surface area contributed by atoms with Crippen LogP contribution in [0.4, 0.5) is 0 Å². The lowest BCUT2D eigenvalue weighted by Gasteiger charge is -2.04. The lowest BCUT2D eigenvalue weighted by Crippen LogP contribution is -1.87. The Morgan fingerprint density at radius 1 is 0.152 bits per heavy atom. The second kappa shape index (κ2) is 48.2. The van der Waals surface area contributed by atoms with Gasteiger partial charge in [-0.15, -0.1) is 90.7 Å². The van der Waals surface area contributed by atoms with Crippen molar-refractivity contribution in [1.82, 2.24) is 0 Å². The molecule has 8 heteroatoms. The molecule has 0 aliphatic carbocycles. The molecule has 112 heavy (non-hydrogen) atoms. The van der Waals surface area contributed by atoms with Crippen molar-refractivity contribution >= 4 is 90.7 Å². The molecule has 0 saturated carbocycles. The van der Waals surface area contributed by atoms with Gasteiger partial charge in [-0.1, -0.05) is 368 Å². The highest BCUT2D eigenvalue weighted by atomic mass is 32.1. The zero-order valence-electron chi connectivity index (χ0n) is 68.7. The summed E-state index contributed by atoms with van der Waals surface area (Å²) < 4.78 is 0. The van der Waals surface area contributed by atoms with Crippen LogP contribution in [0, 0.1) is 0 Å². The van der Waals surface area contributed by atoms with Crippen molar-refractivity contribution in [3.8, 4) is 111 Å². The van der Waals surface area contributed by atoms with E-state index in [0.717, 1.165) is 25.7 Å². The van der Waals surface area contributed by atoms with E-state index in [4.69, 9.17) is 0 Å². The molecule has 594 valence electrons. The van der Waals surface area contributed by atoms with Gasteiger partial charge < -0.3 is 0 Å². The Morgan fingerprint density at radius 2 is 0.339 bits per heavy atom. The molecular weight excluding hydrogens is 1510 g/mol. The number of benzene rings is 4. The maximum absolute atomic E-state index is 2.66. The number of hydrogen-bond donors (Lipinski definition) is 0. The zero-order chi connectivity index (χ0) is 77.0. The van der Waals surface area contributed by atoms with Gasteiger partial charge in [0.05, 0.1) is 0 Å². The van der Waals surface area contributed by atoms with Gasteiger partial charge in [-0.2, -0.15) is 0 Å². The number of unbranched alkanes of at least 4 members (excludes halogenated alkanes) is 36. The Balaban J connectivity index is 0.800. The molecule has 0 bridgehead atoms. The lowest BCUT2D eigenvalue weighted by atomic mass is 10.0. The summed E-state index contributed by atoms with van der Waals surface area (Å²) in [6.07, 6.45) is 59.1. The summed E-state index contributed by atoms with van der Waals surface area (Å²) in [5.74, 6) is 0. The average molecular weight is 1640 g/mol. The minimum Gasteiger partial charge on any atom is -0.134 e. The summed E-state index contributed by atoms with van der Waals surface area (Å²) in [5, 5.41) is 0. The number of rotatable bonds is 55. The molecule has 0 aliphatic rings. The first-order valence-electron chi connectivity index (χ1n) is 44.7. The predicted octanol–water partition coefficient (Wildman–Crippen LogP) is 38.4. The van der Waals surface area contributed by atoms with Crippen molar-refractivity contribution in [2.45, 2.75) is 310 Å². The van der Waals surface area contributed by atoms with E-state index in [9.17, 15) is 0 Å². The van der Waals surface area contributed by atoms with Crippen LogP contribution in [0.25, 0.3) is 111 Å². The van der Waals surface area contributed by atoms with Crippen LogP contribution >= 0.6 is 90.7 Å². The highest BCUT2D eigenvalue weighted by Gasteiger charge is 2.23. The van der Waals surface area contributed by atoms with Crippen molar-refractivity contribution in [1.29, 1.82) is 0 Å². The van der Waals surface area contributed by atoms with E-state index < -0.39 is 0 Å². The predicted molar refractivity (Wildman–Crippen MR) is 511 cm³/mol. The van der Waals surface area contributed by atoms with Gasteiger partial charge in [0.15, 0.2) is 0 Å². The van der Waals surface area contributed by atoms with Gasteiger partial charge >= 0.3 is 0 Å². The van der Waals surface area contributed by atoms with Gasteiger partial charge in [0.1, 0.15) is 0 Å². The van der Waals surface area contributed by atoms with Gasteiger partial charge in [0.25, 0.3) is 0 Å². The largest absolute Gasteiger partial charge is 0.134 e. The summed E-state index contributed by atoms with van der Waals surface area (Å²) >= 11 is 16.3. The van der Waals surface area contributed by atoms with Crippen molar-refractivity contribution in [2.75, 3.05) is 0 Å². The molecule has 0 nitrogen and oxygen atoms in total. The number of hydrogen-bond acceptors (Lipinski definition) is 8. The molecule has 0 amide bonds. The van der Waals surface area contributed by atoms with E-state index in [1.165, 1.54) is 379 Å². The quantitative estimate of drug-likeness (QED) is 0.0333. The van der Waals surface area contributed by atoms with E-state index in [1.54, 1.807) is 11.1 Å². The first-order chi connectivity index (χ1) is 55.4. The summed E-state index contributed by atoms with van der Waals surface area (Å²) in [6.45, 7) is 9.30. The minimum absolute atomic E-state index is 1.14. The number of thiophene rings is 8. The van der Waals surface area contributed by atoms with Crippen LogP contribution in [-0.4, -0.2) is 0 Å². The Kier molecular flexibility index (Phi) is 37.0. The molecule has 12 aromatic rings. The molecule has 8 aromatic heterocycles. The van der Waals surface area contributed by atoms with Crippen LogP contribution in [0.1, 0.15) is 307 Å². The highest BCUT2D eigenvalue weighted by molar-refractivity contribution is 7.32. The van der Waals surface area contributed by atoms with Crippen LogP contribution in [-0.2, 0) is 25.7 Å². The summed E-state index contributed by atoms with van der Waals surface area (Å²) in [4.78, 5) is 22.9. The standard InChI is InChI=1S/C104H130S8/c1-5-9-13-17-21-25-29-33-37-43-55-85-75-97(83-63-59-81(60-64-83)79-51-47-41-48-52-79)109-101(85)93-71-67-89(105-93)91-69-73-95(107-91)103-87(57-45-39-35-31-27-23-19-15-11-7-3)77-99(111-103)100-78-88(58-46-40-36-32-28-24-20-16-12-8-4)104(112-100)96-74-70-92(108-96)90-68-72-94(106-90)102-86(56-44-38-34-30-26-22-18-14-10-6-2)76-98(110-102)84-65-61-82(62-66-84)80-53-49-42-50-54-80/h41-42,47-54,59-78H,5-40,43-46,55-58H2,1-4H3. The van der Waals surface area contributed by atoms with E-state index in [-0.39, 0.29) is 0 Å². The molecule has 0 unspecified atom stereocenters. The molecule has 0 saturated heterocycles. The van der Waals surface area contributed by atoms with Crippen molar-refractivity contribution in [3.05, 3.63) is 204 Å². The van der Waals surface area contributed by atoms with Gasteiger partial charge in [-0.25, -0.2) is 0 Å². The maximum Gasteiger partial charge on any atom is 0.0481 e. The maximum atomic E-state index is 2.66. The Hall–Kier alpha value is -5.52. The Bertz CT molecular complexity index is 4250. The van der Waals surface area contributed by atoms with Gasteiger partial charge in [-0.05, 0) is 180 Å². The Morgan fingerprint density at radius 3 is 0.580 bits per heavy atom. The monoisotopic (exact) mass is 1630 g/mol. The molecule has 0 atom stereocenters. The second-order valence-corrected chi connectivity index (χ2v) is 40.7.